The van der Waals surface area contributed by atoms with Crippen LogP contribution in [0.25, 0.3) is 11.3 Å². The molecule has 2 aromatic rings. The van der Waals surface area contributed by atoms with Crippen LogP contribution in [0.15, 0.2) is 24.3 Å². The van der Waals surface area contributed by atoms with Crippen molar-refractivity contribution in [1.29, 1.82) is 0 Å². The van der Waals surface area contributed by atoms with Crippen LogP contribution in [0.3, 0.4) is 0 Å². The van der Waals surface area contributed by atoms with Gasteiger partial charge in [0.2, 0.25) is 0 Å². The van der Waals surface area contributed by atoms with Crippen molar-refractivity contribution in [3.8, 4) is 11.3 Å². The number of rotatable bonds is 3. The highest BCUT2D eigenvalue weighted by Gasteiger charge is 2.13. The summed E-state index contributed by atoms with van der Waals surface area (Å²) in [5.41, 5.74) is 4.78. The van der Waals surface area contributed by atoms with Crippen molar-refractivity contribution in [3.05, 3.63) is 41.3 Å². The summed E-state index contributed by atoms with van der Waals surface area (Å²) in [6.07, 6.45) is 0. The van der Waals surface area contributed by atoms with E-state index < -0.39 is 0 Å². The molecule has 17 heavy (non-hydrogen) atoms. The highest BCUT2D eigenvalue weighted by Crippen LogP contribution is 2.24. The molecule has 0 fully saturated rings. The number of aryl methyl sites for hydroxylation is 2. The van der Waals surface area contributed by atoms with E-state index in [9.17, 15) is 0 Å². The smallest absolute Gasteiger partial charge is 0.106 e. The average Bonchev–Trinajstić information content (AvgIpc) is 2.58. The van der Waals surface area contributed by atoms with Gasteiger partial charge >= 0.3 is 0 Å². The lowest BCUT2D eigenvalue weighted by molar-refractivity contribution is 0.722. The Bertz CT molecular complexity index is 526. The minimum Gasteiger partial charge on any atom is -0.334 e. The molecule has 0 amide bonds. The van der Waals surface area contributed by atoms with E-state index in [-0.39, 0.29) is 0 Å². The lowest BCUT2D eigenvalue weighted by Crippen LogP contribution is -2.10. The summed E-state index contributed by atoms with van der Waals surface area (Å²) in [5.74, 6) is 1.05. The highest BCUT2D eigenvalue weighted by molar-refractivity contribution is 5.63. The van der Waals surface area contributed by atoms with Crippen molar-refractivity contribution in [2.45, 2.75) is 20.4 Å². The van der Waals surface area contributed by atoms with Gasteiger partial charge in [0.1, 0.15) is 5.82 Å². The van der Waals surface area contributed by atoms with Crippen molar-refractivity contribution >= 4 is 0 Å². The van der Waals surface area contributed by atoms with Gasteiger partial charge in [-0.3, -0.25) is 0 Å². The molecule has 1 N–H and O–H groups in total. The first-order chi connectivity index (χ1) is 8.13. The van der Waals surface area contributed by atoms with E-state index >= 15 is 0 Å². The Kier molecular flexibility index (Phi) is 3.29. The topological polar surface area (TPSA) is 29.9 Å². The largest absolute Gasteiger partial charge is 0.334 e. The van der Waals surface area contributed by atoms with Gasteiger partial charge in [0, 0.05) is 19.2 Å². The van der Waals surface area contributed by atoms with Crippen LogP contribution in [0.4, 0.5) is 0 Å². The Morgan fingerprint density at radius 1 is 1.29 bits per heavy atom. The molecule has 90 valence electrons. The monoisotopic (exact) mass is 229 g/mol. The zero-order valence-electron chi connectivity index (χ0n) is 10.9. The average molecular weight is 229 g/mol. The van der Waals surface area contributed by atoms with Crippen molar-refractivity contribution in [2.24, 2.45) is 7.05 Å². The minimum atomic E-state index is 0.834. The second-order valence-corrected chi connectivity index (χ2v) is 4.41. The zero-order chi connectivity index (χ0) is 12.4. The molecule has 0 unspecified atom stereocenters. The lowest BCUT2D eigenvalue weighted by Gasteiger charge is -2.06. The van der Waals surface area contributed by atoms with Gasteiger partial charge in [-0.1, -0.05) is 23.8 Å². The van der Waals surface area contributed by atoms with Gasteiger partial charge in [-0.15, -0.1) is 0 Å². The van der Waals surface area contributed by atoms with E-state index in [1.165, 1.54) is 16.8 Å². The first-order valence-corrected chi connectivity index (χ1v) is 5.87. The van der Waals surface area contributed by atoms with Gasteiger partial charge in [0.15, 0.2) is 0 Å². The fourth-order valence-electron chi connectivity index (χ4n) is 2.05. The van der Waals surface area contributed by atoms with Crippen LogP contribution in [0.5, 0.6) is 0 Å². The third-order valence-corrected chi connectivity index (χ3v) is 3.07. The van der Waals surface area contributed by atoms with Crippen molar-refractivity contribution in [2.75, 3.05) is 7.05 Å². The van der Waals surface area contributed by atoms with Crippen LogP contribution in [-0.2, 0) is 13.6 Å². The van der Waals surface area contributed by atoms with E-state index in [1.54, 1.807) is 0 Å². The van der Waals surface area contributed by atoms with Gasteiger partial charge in [0.05, 0.1) is 11.4 Å². The summed E-state index contributed by atoms with van der Waals surface area (Å²) in [5, 5.41) is 3.20. The highest BCUT2D eigenvalue weighted by atomic mass is 15.1. The molecule has 0 spiro atoms. The number of aromatic nitrogens is 2. The Morgan fingerprint density at radius 2 is 2.06 bits per heavy atom. The third-order valence-electron chi connectivity index (χ3n) is 3.07. The molecule has 2 rings (SSSR count). The first-order valence-electron chi connectivity index (χ1n) is 5.87. The van der Waals surface area contributed by atoms with Gasteiger partial charge in [-0.2, -0.15) is 0 Å². The lowest BCUT2D eigenvalue weighted by atomic mass is 10.1. The van der Waals surface area contributed by atoms with Gasteiger partial charge in [-0.25, -0.2) is 4.98 Å². The van der Waals surface area contributed by atoms with Crippen LogP contribution < -0.4 is 5.32 Å². The van der Waals surface area contributed by atoms with Gasteiger partial charge in [0.25, 0.3) is 0 Å². The van der Waals surface area contributed by atoms with Crippen molar-refractivity contribution in [3.63, 3.8) is 0 Å². The molecule has 0 aliphatic carbocycles. The first kappa shape index (κ1) is 11.9. The maximum absolute atomic E-state index is 4.66. The fourth-order valence-corrected chi connectivity index (χ4v) is 2.05. The molecule has 0 aliphatic rings. The quantitative estimate of drug-likeness (QED) is 0.876. The van der Waals surface area contributed by atoms with Crippen molar-refractivity contribution in [1.82, 2.24) is 14.9 Å². The van der Waals surface area contributed by atoms with E-state index in [1.807, 2.05) is 14.0 Å². The van der Waals surface area contributed by atoms with Crippen molar-refractivity contribution < 1.29 is 0 Å². The maximum atomic E-state index is 4.66. The summed E-state index contributed by atoms with van der Waals surface area (Å²) in [7, 11) is 4.02. The van der Waals surface area contributed by atoms with Crippen LogP contribution in [-0.4, -0.2) is 16.6 Å². The molecule has 0 bridgehead atoms. The number of hydrogen-bond donors (Lipinski definition) is 1. The standard InChI is InChI=1S/C14H19N3/c1-10-6-5-7-12(8-10)14-13(9-15-3)17(4)11(2)16-14/h5-8,15H,9H2,1-4H3. The van der Waals surface area contributed by atoms with Crippen LogP contribution in [0.1, 0.15) is 17.1 Å². The molecule has 1 heterocycles. The molecule has 1 aromatic heterocycles. The van der Waals surface area contributed by atoms with E-state index in [2.05, 4.69) is 53.1 Å². The van der Waals surface area contributed by atoms with Crippen LogP contribution in [0.2, 0.25) is 0 Å². The number of nitrogens with zero attached hydrogens (tertiary/aromatic N) is 2. The Morgan fingerprint density at radius 3 is 2.71 bits per heavy atom. The molecule has 0 radical (unpaired) electrons. The number of nitrogens with one attached hydrogen (secondary N) is 1. The Hall–Kier alpha value is -1.61. The van der Waals surface area contributed by atoms with Gasteiger partial charge < -0.3 is 9.88 Å². The molecule has 0 saturated carbocycles. The second kappa shape index (κ2) is 4.72. The molecule has 0 aliphatic heterocycles. The predicted molar refractivity (Wildman–Crippen MR) is 70.9 cm³/mol. The molecule has 0 saturated heterocycles. The van der Waals surface area contributed by atoms with E-state index in [0.717, 1.165) is 18.1 Å². The molecule has 3 nitrogen and oxygen atoms in total. The summed E-state index contributed by atoms with van der Waals surface area (Å²) in [6.45, 7) is 4.98. The Labute approximate surface area is 103 Å². The summed E-state index contributed by atoms with van der Waals surface area (Å²) >= 11 is 0. The molecular formula is C14H19N3. The summed E-state index contributed by atoms with van der Waals surface area (Å²) < 4.78 is 2.15. The summed E-state index contributed by atoms with van der Waals surface area (Å²) in [4.78, 5) is 4.66. The minimum absolute atomic E-state index is 0.834. The molecular weight excluding hydrogens is 210 g/mol. The number of benzene rings is 1. The van der Waals surface area contributed by atoms with E-state index in [0.29, 0.717) is 0 Å². The SMILES string of the molecule is CNCc1c(-c2cccc(C)c2)nc(C)n1C. The van der Waals surface area contributed by atoms with E-state index in [4.69, 9.17) is 0 Å². The third kappa shape index (κ3) is 2.24. The maximum Gasteiger partial charge on any atom is 0.106 e. The molecule has 0 atom stereocenters. The zero-order valence-corrected chi connectivity index (χ0v) is 10.9. The van der Waals surface area contributed by atoms with Crippen LogP contribution in [0, 0.1) is 13.8 Å². The molecule has 1 aromatic carbocycles. The molecule has 3 heteroatoms. The van der Waals surface area contributed by atoms with Gasteiger partial charge in [-0.05, 0) is 27.0 Å². The van der Waals surface area contributed by atoms with Crippen LogP contribution >= 0.6 is 0 Å². The predicted octanol–water partition coefficient (Wildman–Crippen LogP) is 2.42. The second-order valence-electron chi connectivity index (χ2n) is 4.41. The fraction of sp³-hybridized carbons (Fsp3) is 0.357. The summed E-state index contributed by atoms with van der Waals surface area (Å²) in [6, 6.07) is 8.49. The number of imidazole rings is 1. The normalized spacial score (nSPS) is 10.8. The Balaban J connectivity index is 2.55. The number of hydrogen-bond acceptors (Lipinski definition) is 2.